The third kappa shape index (κ3) is 6.69. The van der Waals surface area contributed by atoms with Crippen LogP contribution in [-0.4, -0.2) is 43.4 Å². The molecule has 0 atom stereocenters. The summed E-state index contributed by atoms with van der Waals surface area (Å²) in [5.74, 6) is 1.46. The average molecular weight is 453 g/mol. The van der Waals surface area contributed by atoms with E-state index in [-0.39, 0.29) is 18.7 Å². The highest BCUT2D eigenvalue weighted by Gasteiger charge is 2.24. The first-order chi connectivity index (χ1) is 15.6. The summed E-state index contributed by atoms with van der Waals surface area (Å²) >= 11 is 0. The van der Waals surface area contributed by atoms with Gasteiger partial charge in [0.1, 0.15) is 23.9 Å². The van der Waals surface area contributed by atoms with Gasteiger partial charge < -0.3 is 25.3 Å². The molecule has 0 aliphatic carbocycles. The van der Waals surface area contributed by atoms with Gasteiger partial charge in [0.05, 0.1) is 30.7 Å². The van der Waals surface area contributed by atoms with E-state index in [1.165, 1.54) is 0 Å². The Labute approximate surface area is 191 Å². The van der Waals surface area contributed by atoms with Crippen LogP contribution in [0.1, 0.15) is 29.9 Å². The number of anilines is 1. The van der Waals surface area contributed by atoms with E-state index in [9.17, 15) is 4.79 Å². The van der Waals surface area contributed by atoms with Gasteiger partial charge in [-0.05, 0) is 51.1 Å². The normalized spacial score (nSPS) is 10.5. The molecule has 0 spiro atoms. The van der Waals surface area contributed by atoms with Crippen LogP contribution in [0.15, 0.2) is 42.5 Å². The number of nitrogens with zero attached hydrogens (tertiary/aromatic N) is 1. The fraction of sp³-hybridized carbons (Fsp3) is 0.292. The molecule has 0 bridgehead atoms. The predicted molar refractivity (Wildman–Crippen MR) is 122 cm³/mol. The number of rotatable bonds is 7. The minimum Gasteiger partial charge on any atom is -0.497 e. The topological polar surface area (TPSA) is 130 Å². The molecule has 0 fully saturated rings. The molecule has 174 valence electrons. The van der Waals surface area contributed by atoms with Crippen LogP contribution >= 0.6 is 0 Å². The third-order valence-corrected chi connectivity index (χ3v) is 4.61. The van der Waals surface area contributed by atoms with Gasteiger partial charge in [0, 0.05) is 23.0 Å². The van der Waals surface area contributed by atoms with Crippen LogP contribution in [0.3, 0.4) is 0 Å². The maximum absolute atomic E-state index is 12.8. The number of aryl methyl sites for hydroxylation is 1. The van der Waals surface area contributed by atoms with Gasteiger partial charge in [-0.25, -0.2) is 0 Å². The van der Waals surface area contributed by atoms with Gasteiger partial charge in [-0.15, -0.1) is 0 Å². The summed E-state index contributed by atoms with van der Waals surface area (Å²) in [6, 6.07) is 12.5. The lowest BCUT2D eigenvalue weighted by Crippen LogP contribution is -2.47. The molecule has 0 saturated heterocycles. The van der Waals surface area contributed by atoms with Crippen LogP contribution in [0, 0.1) is 6.92 Å². The van der Waals surface area contributed by atoms with Crippen LogP contribution < -0.4 is 25.3 Å². The van der Waals surface area contributed by atoms with Gasteiger partial charge in [0.25, 0.3) is 5.91 Å². The number of nitrogen functional groups attached to an aromatic ring is 1. The van der Waals surface area contributed by atoms with E-state index in [1.54, 1.807) is 32.4 Å². The summed E-state index contributed by atoms with van der Waals surface area (Å²) in [5.41, 5.74) is 8.21. The first-order valence-electron chi connectivity index (χ1n) is 9.97. The molecule has 9 nitrogen and oxygen atoms in total. The summed E-state index contributed by atoms with van der Waals surface area (Å²) in [4.78, 5) is 33.6. The van der Waals surface area contributed by atoms with Gasteiger partial charge in [0.15, 0.2) is 0 Å². The molecule has 0 saturated carbocycles. The SMILES string of the molecule is COc1cc(OC)cc(C(=O)NC(C)(C)COc2cccc3nc(C)cc(N)c23)c1.O=C=O. The summed E-state index contributed by atoms with van der Waals surface area (Å²) in [5, 5.41) is 3.76. The van der Waals surface area contributed by atoms with Crippen LogP contribution in [0.25, 0.3) is 10.9 Å². The van der Waals surface area contributed by atoms with Crippen LogP contribution in [0.4, 0.5) is 5.69 Å². The number of carbonyl (C=O) groups is 1. The third-order valence-electron chi connectivity index (χ3n) is 4.61. The molecule has 2 aromatic carbocycles. The largest absolute Gasteiger partial charge is 0.497 e. The number of hydrogen-bond donors (Lipinski definition) is 2. The highest BCUT2D eigenvalue weighted by Crippen LogP contribution is 2.31. The van der Waals surface area contributed by atoms with Gasteiger partial charge >= 0.3 is 6.15 Å². The zero-order valence-electron chi connectivity index (χ0n) is 19.2. The molecular weight excluding hydrogens is 426 g/mol. The number of nitrogens with one attached hydrogen (secondary N) is 1. The van der Waals surface area contributed by atoms with Crippen molar-refractivity contribution in [3.05, 3.63) is 53.7 Å². The van der Waals surface area contributed by atoms with Crippen molar-refractivity contribution >= 4 is 28.6 Å². The fourth-order valence-corrected chi connectivity index (χ4v) is 3.15. The second kappa shape index (κ2) is 11.0. The van der Waals surface area contributed by atoms with E-state index < -0.39 is 5.54 Å². The summed E-state index contributed by atoms with van der Waals surface area (Å²) < 4.78 is 16.5. The van der Waals surface area contributed by atoms with E-state index >= 15 is 0 Å². The smallest absolute Gasteiger partial charge is 0.373 e. The monoisotopic (exact) mass is 453 g/mol. The highest BCUT2D eigenvalue weighted by molar-refractivity contribution is 5.96. The van der Waals surface area contributed by atoms with Crippen molar-refractivity contribution in [2.45, 2.75) is 26.3 Å². The Bertz CT molecular complexity index is 1150. The maximum Gasteiger partial charge on any atom is 0.373 e. The quantitative estimate of drug-likeness (QED) is 0.558. The Hall–Kier alpha value is -4.10. The Balaban J connectivity index is 0.00000122. The molecule has 1 aromatic heterocycles. The standard InChI is InChI=1S/C23H27N3O4.CO2/c1-14-9-18(24)21-19(25-14)7-6-8-20(21)30-13-23(2,3)26-22(27)15-10-16(28-4)12-17(11-15)29-5;2-1-3/h6-12H,13H2,1-5H3,(H2,24,25)(H,26,27);. The van der Waals surface area contributed by atoms with E-state index in [4.69, 9.17) is 29.5 Å². The number of carbonyl (C=O) groups excluding carboxylic acids is 3. The van der Waals surface area contributed by atoms with E-state index in [1.807, 2.05) is 45.0 Å². The lowest BCUT2D eigenvalue weighted by atomic mass is 10.1. The van der Waals surface area contributed by atoms with Crippen molar-refractivity contribution in [3.8, 4) is 17.2 Å². The number of pyridine rings is 1. The average Bonchev–Trinajstić information content (AvgIpc) is 2.77. The number of benzene rings is 2. The minimum absolute atomic E-state index is 0.242. The first-order valence-corrected chi connectivity index (χ1v) is 9.97. The predicted octanol–water partition coefficient (Wildman–Crippen LogP) is 3.15. The number of nitrogens with two attached hydrogens (primary N) is 1. The molecule has 9 heteroatoms. The van der Waals surface area contributed by atoms with Crippen molar-refractivity contribution in [2.24, 2.45) is 0 Å². The van der Waals surface area contributed by atoms with Crippen molar-refractivity contribution < 1.29 is 28.6 Å². The Morgan fingerprint density at radius 1 is 1.09 bits per heavy atom. The van der Waals surface area contributed by atoms with Crippen molar-refractivity contribution in [2.75, 3.05) is 26.6 Å². The number of ether oxygens (including phenoxy) is 3. The summed E-state index contributed by atoms with van der Waals surface area (Å²) in [7, 11) is 3.08. The molecule has 1 amide bonds. The second-order valence-electron chi connectivity index (χ2n) is 7.81. The highest BCUT2D eigenvalue weighted by atomic mass is 16.5. The molecule has 0 aliphatic rings. The van der Waals surface area contributed by atoms with Crippen LogP contribution in [0.5, 0.6) is 17.2 Å². The van der Waals surface area contributed by atoms with Crippen molar-refractivity contribution in [1.29, 1.82) is 0 Å². The molecule has 0 radical (unpaired) electrons. The molecule has 0 unspecified atom stereocenters. The Kier molecular flexibility index (Phi) is 8.36. The lowest BCUT2D eigenvalue weighted by Gasteiger charge is -2.27. The molecule has 33 heavy (non-hydrogen) atoms. The van der Waals surface area contributed by atoms with Gasteiger partial charge in [-0.2, -0.15) is 9.59 Å². The molecule has 3 rings (SSSR count). The summed E-state index contributed by atoms with van der Waals surface area (Å²) in [6.45, 7) is 5.92. The number of amides is 1. The first kappa shape index (κ1) is 25.2. The Morgan fingerprint density at radius 3 is 2.27 bits per heavy atom. The second-order valence-corrected chi connectivity index (χ2v) is 7.81. The van der Waals surface area contributed by atoms with E-state index in [0.29, 0.717) is 28.5 Å². The van der Waals surface area contributed by atoms with Crippen LogP contribution in [0.2, 0.25) is 0 Å². The van der Waals surface area contributed by atoms with Gasteiger partial charge in [-0.1, -0.05) is 6.07 Å². The minimum atomic E-state index is -0.650. The molecular formula is C24H27N3O6. The van der Waals surface area contributed by atoms with Crippen molar-refractivity contribution in [3.63, 3.8) is 0 Å². The number of hydrogen-bond acceptors (Lipinski definition) is 8. The zero-order valence-corrected chi connectivity index (χ0v) is 19.2. The fourth-order valence-electron chi connectivity index (χ4n) is 3.15. The maximum atomic E-state index is 12.8. The van der Waals surface area contributed by atoms with E-state index in [0.717, 1.165) is 16.6 Å². The number of methoxy groups -OCH3 is 2. The number of fused-ring (bicyclic) bond motifs is 1. The molecule has 0 aliphatic heterocycles. The van der Waals surface area contributed by atoms with Crippen molar-refractivity contribution in [1.82, 2.24) is 10.3 Å². The van der Waals surface area contributed by atoms with Gasteiger partial charge in [-0.3, -0.25) is 9.78 Å². The van der Waals surface area contributed by atoms with Crippen LogP contribution in [-0.2, 0) is 9.59 Å². The Morgan fingerprint density at radius 2 is 1.70 bits per heavy atom. The summed E-state index contributed by atoms with van der Waals surface area (Å²) in [6.07, 6.45) is 0.250. The number of aromatic nitrogens is 1. The molecule has 1 heterocycles. The van der Waals surface area contributed by atoms with Gasteiger partial charge in [0.2, 0.25) is 0 Å². The molecule has 3 N–H and O–H groups in total. The lowest BCUT2D eigenvalue weighted by molar-refractivity contribution is -0.191. The zero-order chi connectivity index (χ0) is 24.6. The van der Waals surface area contributed by atoms with E-state index in [2.05, 4.69) is 10.3 Å². The molecule has 3 aromatic rings.